The summed E-state index contributed by atoms with van der Waals surface area (Å²) in [6.45, 7) is 24.7. The van der Waals surface area contributed by atoms with Crippen LogP contribution in [0.3, 0.4) is 0 Å². The number of aromatic nitrogens is 4. The van der Waals surface area contributed by atoms with E-state index in [1.165, 1.54) is 13.2 Å². The number of carbonyl (C=O) groups is 2. The maximum atomic E-state index is 12.4. The number of hydrogen-bond acceptors (Lipinski definition) is 14. The van der Waals surface area contributed by atoms with Gasteiger partial charge in [-0.15, -0.1) is 0 Å². The predicted octanol–water partition coefficient (Wildman–Crippen LogP) is 14.8. The highest BCUT2D eigenvalue weighted by Crippen LogP contribution is 2.52. The van der Waals surface area contributed by atoms with Crippen LogP contribution in [0.2, 0.25) is 0 Å². The molecule has 0 fully saturated rings. The third-order valence-electron chi connectivity index (χ3n) is 9.04. The van der Waals surface area contributed by atoms with Crippen molar-refractivity contribution in [1.29, 1.82) is 0 Å². The maximum absolute atomic E-state index is 12.4. The average Bonchev–Trinajstić information content (AvgIpc) is 3.32. The second-order valence-electron chi connectivity index (χ2n) is 17.5. The van der Waals surface area contributed by atoms with Crippen LogP contribution in [0.15, 0.2) is 88.9 Å². The van der Waals surface area contributed by atoms with Gasteiger partial charge in [-0.2, -0.15) is 0 Å². The van der Waals surface area contributed by atoms with Crippen molar-refractivity contribution in [2.75, 3.05) is 52.7 Å². The molecule has 0 aliphatic heterocycles. The van der Waals surface area contributed by atoms with Gasteiger partial charge >= 0.3 is 7.60 Å². The summed E-state index contributed by atoms with van der Waals surface area (Å²) in [6.07, 6.45) is 24.9. The first-order valence-corrected chi connectivity index (χ1v) is 27.4. The Hall–Kier alpha value is -5.19. The Kier molecular flexibility index (Phi) is 36.5. The Morgan fingerprint density at radius 1 is 0.630 bits per heavy atom. The second-order valence-corrected chi connectivity index (χ2v) is 21.3. The number of rotatable bonds is 23. The fourth-order valence-corrected chi connectivity index (χ4v) is 8.04. The van der Waals surface area contributed by atoms with Crippen LogP contribution < -0.4 is 30.0 Å². The molecule has 4 heterocycles. The minimum absolute atomic E-state index is 0.143. The van der Waals surface area contributed by atoms with Crippen LogP contribution in [0, 0.1) is 23.7 Å². The number of nitrogens with zero attached hydrogens (tertiary/aromatic N) is 4. The number of anilines is 2. The van der Waals surface area contributed by atoms with Crippen molar-refractivity contribution >= 4 is 81.3 Å². The number of allylic oxidation sites excluding steroid dienone is 3. The molecule has 73 heavy (non-hydrogen) atoms. The topological polar surface area (TPSA) is 196 Å². The van der Waals surface area contributed by atoms with Gasteiger partial charge < -0.3 is 43.8 Å². The molecule has 0 aromatic carbocycles. The Labute approximate surface area is 453 Å². The molecule has 0 spiro atoms. The molecular weight excluding hydrogens is 1080 g/mol. The van der Waals surface area contributed by atoms with Gasteiger partial charge in [0.2, 0.25) is 29.4 Å². The summed E-state index contributed by atoms with van der Waals surface area (Å²) in [6, 6.07) is 7.49. The molecule has 0 unspecified atom stereocenters. The predicted molar refractivity (Wildman–Crippen MR) is 307 cm³/mol. The van der Waals surface area contributed by atoms with Gasteiger partial charge in [-0.1, -0.05) is 98.4 Å². The summed E-state index contributed by atoms with van der Waals surface area (Å²) in [4.78, 5) is 37.4. The van der Waals surface area contributed by atoms with Crippen LogP contribution in [0.25, 0.3) is 18.2 Å². The van der Waals surface area contributed by atoms with E-state index in [4.69, 9.17) is 33.7 Å². The number of amides is 1. The molecule has 4 rings (SSSR count). The smallest absolute Gasteiger partial charge is 0.335 e. The van der Waals surface area contributed by atoms with Gasteiger partial charge in [0.05, 0.1) is 71.6 Å². The molecule has 404 valence electrons. The van der Waals surface area contributed by atoms with Gasteiger partial charge in [0, 0.05) is 50.0 Å². The van der Waals surface area contributed by atoms with E-state index in [9.17, 15) is 14.2 Å². The lowest BCUT2D eigenvalue weighted by Gasteiger charge is -2.18. The highest BCUT2D eigenvalue weighted by molar-refractivity contribution is 9.10. The number of ether oxygens (including phenoxy) is 4. The monoisotopic (exact) mass is 1160 g/mol. The molecule has 0 aliphatic carbocycles. The number of aldehydes is 1. The maximum Gasteiger partial charge on any atom is 0.335 e. The van der Waals surface area contributed by atoms with Crippen LogP contribution >= 0.6 is 39.5 Å². The van der Waals surface area contributed by atoms with Crippen LogP contribution in [-0.2, 0) is 29.4 Å². The van der Waals surface area contributed by atoms with Crippen molar-refractivity contribution in [2.45, 2.75) is 101 Å². The zero-order valence-electron chi connectivity index (χ0n) is 45.4. The van der Waals surface area contributed by atoms with E-state index in [2.05, 4.69) is 130 Å². The number of carbonyl (C=O) groups excluding carboxylic acids is 2. The Morgan fingerprint density at radius 3 is 1.42 bits per heavy atom. The Morgan fingerprint density at radius 2 is 1.03 bits per heavy atom. The summed E-state index contributed by atoms with van der Waals surface area (Å²) in [5, 5.41) is 2.67. The third-order valence-corrected chi connectivity index (χ3v) is 11.9. The van der Waals surface area contributed by atoms with Crippen molar-refractivity contribution in [2.24, 2.45) is 23.7 Å². The fourth-order valence-electron chi connectivity index (χ4n) is 5.62. The molecule has 15 nitrogen and oxygen atoms in total. The number of nitrogen functional groups attached to an aromatic ring is 1. The molecule has 0 atom stereocenters. The number of nitrogens with one attached hydrogen (secondary N) is 1. The molecule has 18 heteroatoms. The highest BCUT2D eigenvalue weighted by Gasteiger charge is 2.26. The minimum Gasteiger partial charge on any atom is -0.481 e. The van der Waals surface area contributed by atoms with Crippen LogP contribution in [0.4, 0.5) is 11.4 Å². The van der Waals surface area contributed by atoms with Gasteiger partial charge in [-0.25, -0.2) is 19.9 Å². The van der Waals surface area contributed by atoms with Crippen LogP contribution in [0.1, 0.15) is 117 Å². The standard InChI is InChI=1S/C15H20N2O2.C12H16BrNO.C12H18N2O.C11H17BrNO4P.C5H10O/c1-5-14(18)17-13-9-12(8-6-7-11(2)3)15(19-4)16-10-13;2*1-9(2)5-4-6-10-7-11(13)8-14-12(10)15-3;1-4-16-18(14,17-5-2)8-9-6-10(12)7-13-11(9)15-3;1-5(2)3-4-6/h5-6,8-11H,1,7H2,2-4H3,(H,17,18);4,6-9H,5H2,1-3H3;4,6-9H,5,13H2,1-3H3;6-7H,4-5,8H2,1-3H3;4-5H,3H2,1-2H3/b8-6+;2*6-4+;;. The van der Waals surface area contributed by atoms with Gasteiger partial charge in [0.25, 0.3) is 0 Å². The molecule has 4 aromatic rings. The van der Waals surface area contributed by atoms with E-state index < -0.39 is 7.60 Å². The first-order valence-electron chi connectivity index (χ1n) is 24.1. The molecule has 4 aromatic heterocycles. The Balaban J connectivity index is 0.000000915. The molecule has 1 amide bonds. The van der Waals surface area contributed by atoms with E-state index in [-0.39, 0.29) is 12.1 Å². The van der Waals surface area contributed by atoms with Crippen molar-refractivity contribution < 1.29 is 42.1 Å². The molecule has 0 aliphatic rings. The normalized spacial score (nSPS) is 11.0. The van der Waals surface area contributed by atoms with Crippen LogP contribution in [0.5, 0.6) is 23.5 Å². The van der Waals surface area contributed by atoms with E-state index in [0.717, 1.165) is 51.2 Å². The van der Waals surface area contributed by atoms with Crippen molar-refractivity contribution in [3.63, 3.8) is 0 Å². The minimum atomic E-state index is -3.14. The lowest BCUT2D eigenvalue weighted by atomic mass is 10.1. The molecular formula is C55H81Br2N6O9P. The summed E-state index contributed by atoms with van der Waals surface area (Å²) < 4.78 is 45.3. The van der Waals surface area contributed by atoms with Crippen molar-refractivity contribution in [3.8, 4) is 23.5 Å². The molecule has 3 N–H and O–H groups in total. The Bertz CT molecular complexity index is 2280. The average molecular weight is 1160 g/mol. The van der Waals surface area contributed by atoms with E-state index in [1.807, 2.05) is 44.2 Å². The van der Waals surface area contributed by atoms with E-state index in [0.29, 0.717) is 83.8 Å². The first-order chi connectivity index (χ1) is 34.6. The van der Waals surface area contributed by atoms with E-state index in [1.54, 1.807) is 66.0 Å². The van der Waals surface area contributed by atoms with Gasteiger partial charge in [0.1, 0.15) is 6.29 Å². The summed E-state index contributed by atoms with van der Waals surface area (Å²) >= 11 is 6.72. The number of nitrogens with two attached hydrogens (primary N) is 1. The largest absolute Gasteiger partial charge is 0.481 e. The lowest BCUT2D eigenvalue weighted by Crippen LogP contribution is -2.08. The number of hydrogen-bond donors (Lipinski definition) is 2. The summed E-state index contributed by atoms with van der Waals surface area (Å²) in [5.74, 6) is 4.44. The van der Waals surface area contributed by atoms with Gasteiger partial charge in [-0.3, -0.25) is 9.36 Å². The summed E-state index contributed by atoms with van der Waals surface area (Å²) in [7, 11) is 3.20. The molecule has 0 radical (unpaired) electrons. The summed E-state index contributed by atoms with van der Waals surface area (Å²) in [5.41, 5.74) is 10.4. The zero-order chi connectivity index (χ0) is 55.4. The first kappa shape index (κ1) is 67.8. The SMILES string of the molecule is C=CC(=O)Nc1cnc(OC)c(/C=C/CC(C)C)c1.CC(C)CC=O.CCOP(=O)(Cc1cc(Br)cnc1OC)OCC.COc1ncc(Br)cc1/C=C/CC(C)C.COc1ncc(N)cc1/C=C/CC(C)C. The van der Waals surface area contributed by atoms with E-state index >= 15 is 0 Å². The third kappa shape index (κ3) is 31.2. The number of halogens is 2. The number of methoxy groups -OCH3 is 4. The van der Waals surface area contributed by atoms with Crippen molar-refractivity contribution in [1.82, 2.24) is 19.9 Å². The zero-order valence-corrected chi connectivity index (χ0v) is 49.5. The molecule has 0 saturated heterocycles. The van der Waals surface area contributed by atoms with Crippen LogP contribution in [-0.4, -0.2) is 73.8 Å². The highest BCUT2D eigenvalue weighted by atomic mass is 79.9. The number of pyridine rings is 4. The second kappa shape index (κ2) is 39.3. The fraction of sp³-hybridized carbons (Fsp3) is 0.455. The lowest BCUT2D eigenvalue weighted by molar-refractivity contribution is -0.112. The van der Waals surface area contributed by atoms with Gasteiger partial charge in [0.15, 0.2) is 0 Å². The van der Waals surface area contributed by atoms with Crippen molar-refractivity contribution in [3.05, 3.63) is 111 Å². The molecule has 0 bridgehead atoms. The van der Waals surface area contributed by atoms with Gasteiger partial charge in [-0.05, 0) is 119 Å². The molecule has 0 saturated carbocycles. The quantitative estimate of drug-likeness (QED) is 0.0404.